The summed E-state index contributed by atoms with van der Waals surface area (Å²) in [4.78, 5) is 6.97. The van der Waals surface area contributed by atoms with Gasteiger partial charge in [-0.15, -0.1) is 0 Å². The monoisotopic (exact) mass is 379 g/mol. The number of methoxy groups -OCH3 is 2. The summed E-state index contributed by atoms with van der Waals surface area (Å²) in [5.41, 5.74) is 3.34. The molecule has 146 valence electrons. The molecule has 4 rings (SSSR count). The molecule has 0 bridgehead atoms. The molecule has 2 aromatic carbocycles. The first-order chi connectivity index (χ1) is 13.7. The molecule has 3 aromatic rings. The van der Waals surface area contributed by atoms with Crippen molar-refractivity contribution in [2.75, 3.05) is 20.8 Å². The summed E-state index contributed by atoms with van der Waals surface area (Å²) < 4.78 is 16.5. The summed E-state index contributed by atoms with van der Waals surface area (Å²) in [6.45, 7) is 3.67. The zero-order valence-electron chi connectivity index (χ0n) is 16.5. The minimum Gasteiger partial charge on any atom is -0.497 e. The third kappa shape index (κ3) is 3.73. The van der Waals surface area contributed by atoms with Crippen LogP contribution in [0.1, 0.15) is 35.9 Å². The molecule has 0 saturated carbocycles. The highest BCUT2D eigenvalue weighted by Gasteiger charge is 2.30. The molecule has 1 aromatic heterocycles. The average Bonchev–Trinajstić information content (AvgIpc) is 3.38. The van der Waals surface area contributed by atoms with Gasteiger partial charge in [0.15, 0.2) is 0 Å². The molecular weight excluding hydrogens is 354 g/mol. The minimum absolute atomic E-state index is 0.260. The normalized spacial score (nSPS) is 17.0. The molecule has 1 atom stereocenters. The maximum absolute atomic E-state index is 5.61. The Morgan fingerprint density at radius 1 is 1.11 bits per heavy atom. The number of aromatic nitrogens is 2. The summed E-state index contributed by atoms with van der Waals surface area (Å²) in [5, 5.41) is 4.16. The Morgan fingerprint density at radius 2 is 1.93 bits per heavy atom. The van der Waals surface area contributed by atoms with Crippen molar-refractivity contribution in [3.63, 3.8) is 0 Å². The van der Waals surface area contributed by atoms with E-state index in [1.54, 1.807) is 14.2 Å². The third-order valence-electron chi connectivity index (χ3n) is 5.28. The van der Waals surface area contributed by atoms with Crippen LogP contribution in [-0.2, 0) is 6.54 Å². The molecule has 0 N–H and O–H groups in total. The Hall–Kier alpha value is -2.86. The van der Waals surface area contributed by atoms with Crippen molar-refractivity contribution < 1.29 is 14.0 Å². The van der Waals surface area contributed by atoms with Gasteiger partial charge in [-0.25, -0.2) is 0 Å². The van der Waals surface area contributed by atoms with Crippen molar-refractivity contribution >= 4 is 0 Å². The van der Waals surface area contributed by atoms with Gasteiger partial charge >= 0.3 is 0 Å². The molecule has 1 aliphatic heterocycles. The van der Waals surface area contributed by atoms with Crippen molar-refractivity contribution in [3.05, 3.63) is 59.5 Å². The van der Waals surface area contributed by atoms with E-state index in [9.17, 15) is 0 Å². The number of likely N-dealkylation sites (tertiary alicyclic amines) is 1. The highest BCUT2D eigenvalue weighted by Crippen LogP contribution is 2.39. The Bertz CT molecular complexity index is 936. The number of hydrogen-bond donors (Lipinski definition) is 0. The van der Waals surface area contributed by atoms with E-state index in [0.717, 1.165) is 36.4 Å². The number of ether oxygens (including phenoxy) is 2. The van der Waals surface area contributed by atoms with Gasteiger partial charge in [0.25, 0.3) is 0 Å². The Balaban J connectivity index is 1.53. The first-order valence-corrected chi connectivity index (χ1v) is 9.53. The molecule has 6 heteroatoms. The summed E-state index contributed by atoms with van der Waals surface area (Å²) in [7, 11) is 3.36. The standard InChI is InChI=1S/C22H25N3O3/c1-15-6-8-16(9-7-15)22-23-21(28-24-22)14-25-12-4-5-19(25)18-11-10-17(26-2)13-20(18)27-3/h6-11,13,19H,4-5,12,14H2,1-3H3/t19-/m1/s1. The third-order valence-corrected chi connectivity index (χ3v) is 5.28. The fourth-order valence-corrected chi connectivity index (χ4v) is 3.77. The number of aryl methyl sites for hydroxylation is 1. The first kappa shape index (κ1) is 18.5. The van der Waals surface area contributed by atoms with Crippen LogP contribution in [0.15, 0.2) is 47.0 Å². The second-order valence-electron chi connectivity index (χ2n) is 7.11. The van der Waals surface area contributed by atoms with Gasteiger partial charge in [0.1, 0.15) is 11.5 Å². The first-order valence-electron chi connectivity index (χ1n) is 9.53. The number of rotatable bonds is 6. The minimum atomic E-state index is 0.260. The van der Waals surface area contributed by atoms with Crippen LogP contribution in [0.5, 0.6) is 11.5 Å². The lowest BCUT2D eigenvalue weighted by atomic mass is 10.0. The molecule has 1 saturated heterocycles. The SMILES string of the molecule is COc1ccc([C@H]2CCCN2Cc2nc(-c3ccc(C)cc3)no2)c(OC)c1. The number of nitrogens with zero attached hydrogens (tertiary/aromatic N) is 3. The Kier molecular flexibility index (Phi) is 5.30. The molecule has 0 aliphatic carbocycles. The van der Waals surface area contributed by atoms with Crippen LogP contribution in [0.4, 0.5) is 0 Å². The van der Waals surface area contributed by atoms with Crippen LogP contribution >= 0.6 is 0 Å². The highest BCUT2D eigenvalue weighted by atomic mass is 16.5. The number of hydrogen-bond acceptors (Lipinski definition) is 6. The maximum atomic E-state index is 5.61. The molecule has 0 unspecified atom stereocenters. The molecule has 6 nitrogen and oxygen atoms in total. The van der Waals surface area contributed by atoms with Crippen LogP contribution in [-0.4, -0.2) is 35.8 Å². The van der Waals surface area contributed by atoms with Crippen LogP contribution in [0, 0.1) is 6.92 Å². The summed E-state index contributed by atoms with van der Waals surface area (Å²) >= 11 is 0. The van der Waals surface area contributed by atoms with E-state index in [2.05, 4.69) is 40.2 Å². The number of benzene rings is 2. The van der Waals surface area contributed by atoms with Gasteiger partial charge in [0.05, 0.1) is 20.8 Å². The quantitative estimate of drug-likeness (QED) is 0.633. The van der Waals surface area contributed by atoms with Crippen molar-refractivity contribution in [1.29, 1.82) is 0 Å². The van der Waals surface area contributed by atoms with Crippen LogP contribution in [0.2, 0.25) is 0 Å². The Morgan fingerprint density at radius 3 is 2.68 bits per heavy atom. The van der Waals surface area contributed by atoms with Crippen LogP contribution < -0.4 is 9.47 Å². The van der Waals surface area contributed by atoms with Gasteiger partial charge in [-0.1, -0.05) is 41.1 Å². The largest absolute Gasteiger partial charge is 0.497 e. The molecular formula is C22H25N3O3. The van der Waals surface area contributed by atoms with E-state index >= 15 is 0 Å². The summed E-state index contributed by atoms with van der Waals surface area (Å²) in [6.07, 6.45) is 2.19. The molecule has 0 spiro atoms. The predicted molar refractivity (Wildman–Crippen MR) is 106 cm³/mol. The lowest BCUT2D eigenvalue weighted by Crippen LogP contribution is -2.23. The van der Waals surface area contributed by atoms with E-state index in [1.165, 1.54) is 11.1 Å². The molecule has 2 heterocycles. The van der Waals surface area contributed by atoms with Gasteiger partial charge < -0.3 is 14.0 Å². The summed E-state index contributed by atoms with van der Waals surface area (Å²) in [6, 6.07) is 14.4. The van der Waals surface area contributed by atoms with Crippen molar-refractivity contribution in [2.45, 2.75) is 32.4 Å². The van der Waals surface area contributed by atoms with E-state index < -0.39 is 0 Å². The van der Waals surface area contributed by atoms with Crippen molar-refractivity contribution in [1.82, 2.24) is 15.0 Å². The average molecular weight is 379 g/mol. The van der Waals surface area contributed by atoms with Crippen LogP contribution in [0.25, 0.3) is 11.4 Å². The topological polar surface area (TPSA) is 60.6 Å². The fraction of sp³-hybridized carbons (Fsp3) is 0.364. The zero-order chi connectivity index (χ0) is 19.5. The summed E-state index contributed by atoms with van der Waals surface area (Å²) in [5.74, 6) is 2.91. The maximum Gasteiger partial charge on any atom is 0.241 e. The predicted octanol–water partition coefficient (Wildman–Crippen LogP) is 4.40. The van der Waals surface area contributed by atoms with E-state index in [-0.39, 0.29) is 6.04 Å². The second-order valence-corrected chi connectivity index (χ2v) is 7.11. The lowest BCUT2D eigenvalue weighted by molar-refractivity contribution is 0.209. The molecule has 0 radical (unpaired) electrons. The van der Waals surface area contributed by atoms with Crippen molar-refractivity contribution in [2.24, 2.45) is 0 Å². The smallest absolute Gasteiger partial charge is 0.241 e. The molecule has 1 aliphatic rings. The van der Waals surface area contributed by atoms with Gasteiger partial charge in [-0.05, 0) is 32.4 Å². The van der Waals surface area contributed by atoms with E-state index in [4.69, 9.17) is 14.0 Å². The van der Waals surface area contributed by atoms with Gasteiger partial charge in [-0.2, -0.15) is 4.98 Å². The van der Waals surface area contributed by atoms with E-state index in [1.807, 2.05) is 24.3 Å². The zero-order valence-corrected chi connectivity index (χ0v) is 16.5. The molecule has 0 amide bonds. The van der Waals surface area contributed by atoms with Gasteiger partial charge in [0.2, 0.25) is 11.7 Å². The lowest BCUT2D eigenvalue weighted by Gasteiger charge is -2.25. The van der Waals surface area contributed by atoms with Gasteiger partial charge in [-0.3, -0.25) is 4.90 Å². The van der Waals surface area contributed by atoms with Crippen molar-refractivity contribution in [3.8, 4) is 22.9 Å². The Labute approximate surface area is 165 Å². The second kappa shape index (κ2) is 8.02. The molecule has 28 heavy (non-hydrogen) atoms. The van der Waals surface area contributed by atoms with Gasteiger partial charge in [0, 0.05) is 23.2 Å². The van der Waals surface area contributed by atoms with E-state index in [0.29, 0.717) is 18.3 Å². The van der Waals surface area contributed by atoms with Crippen LogP contribution in [0.3, 0.4) is 0 Å². The highest BCUT2D eigenvalue weighted by molar-refractivity contribution is 5.54. The fourth-order valence-electron chi connectivity index (χ4n) is 3.77. The molecule has 1 fully saturated rings.